The van der Waals surface area contributed by atoms with Crippen LogP contribution in [0.3, 0.4) is 0 Å². The fraction of sp³-hybridized carbons (Fsp3) is 0.350. The van der Waals surface area contributed by atoms with Crippen molar-refractivity contribution in [3.8, 4) is 11.1 Å². The van der Waals surface area contributed by atoms with Gasteiger partial charge in [-0.05, 0) is 29.2 Å². The number of hydrogen-bond donors (Lipinski definition) is 1. The molecule has 1 amide bonds. The molecule has 0 aromatic heterocycles. The first-order chi connectivity index (χ1) is 11.6. The van der Waals surface area contributed by atoms with Gasteiger partial charge < -0.3 is 14.8 Å². The van der Waals surface area contributed by atoms with Gasteiger partial charge in [-0.2, -0.15) is 0 Å². The van der Waals surface area contributed by atoms with E-state index in [0.717, 1.165) is 17.7 Å². The van der Waals surface area contributed by atoms with Crippen LogP contribution in [0.15, 0.2) is 48.5 Å². The van der Waals surface area contributed by atoms with Gasteiger partial charge in [-0.1, -0.05) is 48.5 Å². The van der Waals surface area contributed by atoms with E-state index >= 15 is 0 Å². The van der Waals surface area contributed by atoms with E-state index in [4.69, 9.17) is 9.47 Å². The second-order valence-electron chi connectivity index (χ2n) is 6.12. The van der Waals surface area contributed by atoms with Gasteiger partial charge in [-0.3, -0.25) is 4.79 Å². The molecule has 0 radical (unpaired) electrons. The van der Waals surface area contributed by atoms with E-state index in [0.29, 0.717) is 13.2 Å². The molecule has 0 bridgehead atoms. The summed E-state index contributed by atoms with van der Waals surface area (Å²) in [6, 6.07) is 16.6. The van der Waals surface area contributed by atoms with Crippen LogP contribution in [-0.2, 0) is 20.8 Å². The maximum Gasteiger partial charge on any atom is 0.217 e. The molecule has 24 heavy (non-hydrogen) atoms. The van der Waals surface area contributed by atoms with Crippen molar-refractivity contribution in [2.24, 2.45) is 0 Å². The smallest absolute Gasteiger partial charge is 0.217 e. The first kappa shape index (κ1) is 16.7. The van der Waals surface area contributed by atoms with E-state index in [2.05, 4.69) is 36.5 Å². The van der Waals surface area contributed by atoms with Gasteiger partial charge in [0.2, 0.25) is 5.91 Å². The van der Waals surface area contributed by atoms with Crippen LogP contribution in [0.5, 0.6) is 0 Å². The zero-order valence-electron chi connectivity index (χ0n) is 14.1. The molecule has 1 N–H and O–H groups in total. The number of benzene rings is 2. The van der Waals surface area contributed by atoms with Crippen molar-refractivity contribution in [1.29, 1.82) is 0 Å². The van der Waals surface area contributed by atoms with Crippen molar-refractivity contribution >= 4 is 5.91 Å². The molecular weight excluding hydrogens is 302 g/mol. The van der Waals surface area contributed by atoms with Crippen LogP contribution >= 0.6 is 0 Å². The van der Waals surface area contributed by atoms with Gasteiger partial charge in [0.15, 0.2) is 0 Å². The summed E-state index contributed by atoms with van der Waals surface area (Å²) in [4.78, 5) is 11.0. The number of ether oxygens (including phenoxy) is 2. The van der Waals surface area contributed by atoms with Gasteiger partial charge in [0.25, 0.3) is 0 Å². The summed E-state index contributed by atoms with van der Waals surface area (Å²) in [7, 11) is 0. The van der Waals surface area contributed by atoms with Crippen molar-refractivity contribution in [3.05, 3.63) is 59.7 Å². The Morgan fingerprint density at radius 3 is 2.62 bits per heavy atom. The molecular formula is C20H23NO3. The lowest BCUT2D eigenvalue weighted by molar-refractivity contribution is -0.119. The zero-order chi connectivity index (χ0) is 16.9. The van der Waals surface area contributed by atoms with E-state index in [9.17, 15) is 4.79 Å². The monoisotopic (exact) mass is 325 g/mol. The van der Waals surface area contributed by atoms with E-state index in [1.807, 2.05) is 24.3 Å². The molecule has 1 heterocycles. The summed E-state index contributed by atoms with van der Waals surface area (Å²) < 4.78 is 11.1. The summed E-state index contributed by atoms with van der Waals surface area (Å²) in [5, 5.41) is 2.81. The van der Waals surface area contributed by atoms with E-state index in [1.54, 1.807) is 0 Å². The van der Waals surface area contributed by atoms with Crippen molar-refractivity contribution < 1.29 is 14.3 Å². The molecule has 1 aliphatic rings. The van der Waals surface area contributed by atoms with Gasteiger partial charge in [-0.15, -0.1) is 0 Å². The average Bonchev–Trinajstić information content (AvgIpc) is 3.43. The maximum absolute atomic E-state index is 11.0. The van der Waals surface area contributed by atoms with Crippen molar-refractivity contribution in [2.45, 2.75) is 32.6 Å². The number of rotatable bonds is 7. The highest BCUT2D eigenvalue weighted by Gasteiger charge is 2.24. The molecule has 2 atom stereocenters. The van der Waals surface area contributed by atoms with E-state index < -0.39 is 0 Å². The Labute approximate surface area is 142 Å². The van der Waals surface area contributed by atoms with Crippen LogP contribution < -0.4 is 5.32 Å². The molecule has 3 rings (SSSR count). The first-order valence-electron chi connectivity index (χ1n) is 8.29. The minimum atomic E-state index is -0.0185. The van der Waals surface area contributed by atoms with Gasteiger partial charge in [0.1, 0.15) is 6.10 Å². The molecule has 1 fully saturated rings. The SMILES string of the molecule is CC(=O)NCc1ccc(-c2ccccc2C(C)OCC2CO2)cc1. The van der Waals surface area contributed by atoms with Crippen molar-refractivity contribution in [2.75, 3.05) is 13.2 Å². The molecule has 1 saturated heterocycles. The number of carbonyl (C=O) groups is 1. The van der Waals surface area contributed by atoms with Gasteiger partial charge >= 0.3 is 0 Å². The number of nitrogens with one attached hydrogen (secondary N) is 1. The quantitative estimate of drug-likeness (QED) is 0.793. The predicted octanol–water partition coefficient (Wildman–Crippen LogP) is 3.47. The second-order valence-corrected chi connectivity index (χ2v) is 6.12. The molecule has 0 saturated carbocycles. The highest BCUT2D eigenvalue weighted by Crippen LogP contribution is 2.30. The lowest BCUT2D eigenvalue weighted by Crippen LogP contribution is -2.18. The topological polar surface area (TPSA) is 50.9 Å². The van der Waals surface area contributed by atoms with Crippen LogP contribution in [0.2, 0.25) is 0 Å². The second kappa shape index (κ2) is 7.60. The Kier molecular flexibility index (Phi) is 5.28. The molecule has 126 valence electrons. The molecule has 0 aliphatic carbocycles. The Morgan fingerprint density at radius 1 is 1.25 bits per heavy atom. The molecule has 4 nitrogen and oxygen atoms in total. The summed E-state index contributed by atoms with van der Waals surface area (Å²) >= 11 is 0. The standard InChI is InChI=1S/C20H23NO3/c1-14(23-12-18-13-24-18)19-5-3-4-6-20(19)17-9-7-16(8-10-17)11-21-15(2)22/h3-10,14,18H,11-13H2,1-2H3,(H,21,22). The Bertz CT molecular complexity index is 692. The van der Waals surface area contributed by atoms with Crippen molar-refractivity contribution in [1.82, 2.24) is 5.32 Å². The predicted molar refractivity (Wildman–Crippen MR) is 93.5 cm³/mol. The summed E-state index contributed by atoms with van der Waals surface area (Å²) in [6.07, 6.45) is 0.289. The third kappa shape index (κ3) is 4.43. The van der Waals surface area contributed by atoms with Gasteiger partial charge in [0.05, 0.1) is 19.3 Å². The van der Waals surface area contributed by atoms with Crippen molar-refractivity contribution in [3.63, 3.8) is 0 Å². The largest absolute Gasteiger partial charge is 0.371 e. The molecule has 4 heteroatoms. The third-order valence-electron chi connectivity index (χ3n) is 4.14. The van der Waals surface area contributed by atoms with Crippen LogP contribution in [0, 0.1) is 0 Å². The Morgan fingerprint density at radius 2 is 1.96 bits per heavy atom. The number of carbonyl (C=O) groups excluding carboxylic acids is 1. The third-order valence-corrected chi connectivity index (χ3v) is 4.14. The van der Waals surface area contributed by atoms with Crippen LogP contribution in [-0.4, -0.2) is 25.2 Å². The Hall–Kier alpha value is -2.17. The lowest BCUT2D eigenvalue weighted by Gasteiger charge is -2.17. The average molecular weight is 325 g/mol. The fourth-order valence-electron chi connectivity index (χ4n) is 2.65. The number of epoxide rings is 1. The summed E-state index contributed by atoms with van der Waals surface area (Å²) in [6.45, 7) is 5.61. The highest BCUT2D eigenvalue weighted by molar-refractivity contribution is 5.73. The van der Waals surface area contributed by atoms with Gasteiger partial charge in [-0.25, -0.2) is 0 Å². The highest BCUT2D eigenvalue weighted by atomic mass is 16.6. The van der Waals surface area contributed by atoms with E-state index in [1.165, 1.54) is 18.1 Å². The summed E-state index contributed by atoms with van der Waals surface area (Å²) in [5.74, 6) is -0.0185. The normalized spacial score (nSPS) is 17.3. The number of hydrogen-bond acceptors (Lipinski definition) is 3. The molecule has 1 aliphatic heterocycles. The van der Waals surface area contributed by atoms with Crippen LogP contribution in [0.4, 0.5) is 0 Å². The molecule has 2 aromatic carbocycles. The maximum atomic E-state index is 11.0. The number of amides is 1. The molecule has 0 spiro atoms. The van der Waals surface area contributed by atoms with Crippen LogP contribution in [0.1, 0.15) is 31.1 Å². The minimum absolute atomic E-state index is 0.0180. The zero-order valence-corrected chi connectivity index (χ0v) is 14.1. The van der Waals surface area contributed by atoms with Crippen LogP contribution in [0.25, 0.3) is 11.1 Å². The minimum Gasteiger partial charge on any atom is -0.371 e. The lowest BCUT2D eigenvalue weighted by atomic mass is 9.96. The molecule has 2 unspecified atom stereocenters. The first-order valence-corrected chi connectivity index (χ1v) is 8.29. The van der Waals surface area contributed by atoms with Gasteiger partial charge in [0, 0.05) is 13.5 Å². The molecule has 2 aromatic rings. The van der Waals surface area contributed by atoms with E-state index in [-0.39, 0.29) is 18.1 Å². The summed E-state index contributed by atoms with van der Waals surface area (Å²) in [5.41, 5.74) is 4.58. The fourth-order valence-corrected chi connectivity index (χ4v) is 2.65. The Balaban J connectivity index is 1.74.